The number of hydrogen-bond acceptors (Lipinski definition) is 0. The van der Waals surface area contributed by atoms with Crippen molar-refractivity contribution in [2.75, 3.05) is 0 Å². The van der Waals surface area contributed by atoms with Crippen molar-refractivity contribution >= 4 is 0 Å². The van der Waals surface area contributed by atoms with Crippen LogP contribution in [-0.4, -0.2) is 0 Å². The van der Waals surface area contributed by atoms with Gasteiger partial charge < -0.3 is 0 Å². The van der Waals surface area contributed by atoms with Crippen molar-refractivity contribution in [1.29, 1.82) is 0 Å². The first kappa shape index (κ1) is 8.25. The Labute approximate surface area is 67.1 Å². The number of halogens is 1. The third-order valence-corrected chi connectivity index (χ3v) is 1.73. The molecule has 1 heteroatoms. The number of allylic oxidation sites excluding steroid dienone is 5. The van der Waals surface area contributed by atoms with Gasteiger partial charge in [-0.3, -0.25) is 0 Å². The molecule has 0 aromatic heterocycles. The second kappa shape index (κ2) is 4.12. The molecule has 0 N–H and O–H groups in total. The molecule has 0 unspecified atom stereocenters. The Balaban J connectivity index is 2.24. The Morgan fingerprint density at radius 1 is 1.55 bits per heavy atom. The maximum Gasteiger partial charge on any atom is 0.119 e. The van der Waals surface area contributed by atoms with Crippen molar-refractivity contribution in [1.82, 2.24) is 0 Å². The van der Waals surface area contributed by atoms with E-state index in [-0.39, 0.29) is 5.83 Å². The molecule has 0 aliphatic heterocycles. The summed E-state index contributed by atoms with van der Waals surface area (Å²) in [5, 5.41) is 0. The van der Waals surface area contributed by atoms with Gasteiger partial charge in [-0.2, -0.15) is 0 Å². The van der Waals surface area contributed by atoms with Gasteiger partial charge in [0.1, 0.15) is 5.83 Å². The van der Waals surface area contributed by atoms with E-state index in [1.54, 1.807) is 18.2 Å². The van der Waals surface area contributed by atoms with Crippen LogP contribution in [0.15, 0.2) is 36.7 Å². The first-order valence-corrected chi connectivity index (χ1v) is 3.97. The van der Waals surface area contributed by atoms with Gasteiger partial charge in [0.2, 0.25) is 0 Å². The highest BCUT2D eigenvalue weighted by Crippen LogP contribution is 2.33. The molecule has 0 bridgehead atoms. The Morgan fingerprint density at radius 3 is 2.82 bits per heavy atom. The molecule has 0 spiro atoms. The van der Waals surface area contributed by atoms with Gasteiger partial charge in [-0.15, -0.1) is 0 Å². The van der Waals surface area contributed by atoms with E-state index in [1.165, 1.54) is 18.9 Å². The van der Waals surface area contributed by atoms with Gasteiger partial charge in [-0.05, 0) is 37.3 Å². The van der Waals surface area contributed by atoms with Crippen molar-refractivity contribution in [3.63, 3.8) is 0 Å². The fourth-order valence-corrected chi connectivity index (χ4v) is 0.861. The average molecular weight is 152 g/mol. The fraction of sp³-hybridized carbons (Fsp3) is 0.400. The summed E-state index contributed by atoms with van der Waals surface area (Å²) < 4.78 is 12.7. The molecule has 0 nitrogen and oxygen atoms in total. The predicted molar refractivity (Wildman–Crippen MR) is 45.9 cm³/mol. The van der Waals surface area contributed by atoms with Gasteiger partial charge in [-0.25, -0.2) is 4.39 Å². The Kier molecular flexibility index (Phi) is 3.09. The number of hydrogen-bond donors (Lipinski definition) is 0. The minimum absolute atomic E-state index is 0.142. The highest BCUT2D eigenvalue weighted by atomic mass is 19.1. The van der Waals surface area contributed by atoms with Crippen LogP contribution in [0.2, 0.25) is 0 Å². The van der Waals surface area contributed by atoms with Gasteiger partial charge in [0, 0.05) is 0 Å². The molecule has 0 radical (unpaired) electrons. The lowest BCUT2D eigenvalue weighted by Crippen LogP contribution is -1.71. The van der Waals surface area contributed by atoms with Crippen LogP contribution in [0.25, 0.3) is 0 Å². The molecule has 0 atom stereocenters. The lowest BCUT2D eigenvalue weighted by molar-refractivity contribution is 0.654. The van der Waals surface area contributed by atoms with Crippen molar-refractivity contribution in [3.05, 3.63) is 36.7 Å². The summed E-state index contributed by atoms with van der Waals surface area (Å²) in [5.74, 6) is 0.620. The van der Waals surface area contributed by atoms with Crippen LogP contribution in [0.4, 0.5) is 4.39 Å². The molecule has 1 fully saturated rings. The van der Waals surface area contributed by atoms with Gasteiger partial charge in [0.25, 0.3) is 0 Å². The third-order valence-electron chi connectivity index (χ3n) is 1.73. The third kappa shape index (κ3) is 3.76. The van der Waals surface area contributed by atoms with Crippen LogP contribution in [0.1, 0.15) is 19.3 Å². The summed E-state index contributed by atoms with van der Waals surface area (Å²) in [6, 6.07) is 0. The van der Waals surface area contributed by atoms with Gasteiger partial charge >= 0.3 is 0 Å². The van der Waals surface area contributed by atoms with Gasteiger partial charge in [0.15, 0.2) is 0 Å². The van der Waals surface area contributed by atoms with Crippen LogP contribution in [0.5, 0.6) is 0 Å². The molecule has 1 saturated carbocycles. The van der Waals surface area contributed by atoms with E-state index in [0.717, 1.165) is 12.3 Å². The summed E-state index contributed by atoms with van der Waals surface area (Å²) in [4.78, 5) is 0. The zero-order valence-electron chi connectivity index (χ0n) is 6.59. The largest absolute Gasteiger partial charge is 0.207 e. The first-order chi connectivity index (χ1) is 5.33. The lowest BCUT2D eigenvalue weighted by Gasteiger charge is -1.86. The predicted octanol–water partition coefficient (Wildman–Crippen LogP) is 3.38. The van der Waals surface area contributed by atoms with E-state index in [1.807, 2.05) is 0 Å². The monoisotopic (exact) mass is 152 g/mol. The summed E-state index contributed by atoms with van der Waals surface area (Å²) in [7, 11) is 0. The second-order valence-corrected chi connectivity index (χ2v) is 2.86. The lowest BCUT2D eigenvalue weighted by atomic mass is 10.2. The molecule has 1 aliphatic carbocycles. The van der Waals surface area contributed by atoms with E-state index in [4.69, 9.17) is 0 Å². The van der Waals surface area contributed by atoms with E-state index in [2.05, 4.69) is 6.58 Å². The van der Waals surface area contributed by atoms with Crippen molar-refractivity contribution < 1.29 is 4.39 Å². The average Bonchev–Trinajstić information content (AvgIpc) is 2.80. The van der Waals surface area contributed by atoms with Crippen molar-refractivity contribution in [3.8, 4) is 0 Å². The molecule has 1 rings (SSSR count). The van der Waals surface area contributed by atoms with Crippen LogP contribution >= 0.6 is 0 Å². The molecule has 11 heavy (non-hydrogen) atoms. The van der Waals surface area contributed by atoms with Crippen LogP contribution in [-0.2, 0) is 0 Å². The SMILES string of the molecule is C=C/C=C\C(F)=C/CC1CC1. The molecule has 60 valence electrons. The highest BCUT2D eigenvalue weighted by molar-refractivity contribution is 5.15. The summed E-state index contributed by atoms with van der Waals surface area (Å²) in [6.45, 7) is 3.46. The quantitative estimate of drug-likeness (QED) is 0.542. The molecular formula is C10H13F. The second-order valence-electron chi connectivity index (χ2n) is 2.86. The molecule has 0 aromatic carbocycles. The normalized spacial score (nSPS) is 19.2. The van der Waals surface area contributed by atoms with Crippen LogP contribution < -0.4 is 0 Å². The zero-order chi connectivity index (χ0) is 8.10. The number of rotatable bonds is 4. The van der Waals surface area contributed by atoms with Crippen molar-refractivity contribution in [2.24, 2.45) is 5.92 Å². The molecule has 0 aromatic rings. The topological polar surface area (TPSA) is 0 Å². The molecule has 0 amide bonds. The summed E-state index contributed by atoms with van der Waals surface area (Å²) >= 11 is 0. The van der Waals surface area contributed by atoms with E-state index < -0.39 is 0 Å². The fourth-order valence-electron chi connectivity index (χ4n) is 0.861. The Bertz CT molecular complexity index is 185. The van der Waals surface area contributed by atoms with Gasteiger partial charge in [0.05, 0.1) is 0 Å². The zero-order valence-corrected chi connectivity index (χ0v) is 6.59. The van der Waals surface area contributed by atoms with Crippen LogP contribution in [0, 0.1) is 5.92 Å². The minimum Gasteiger partial charge on any atom is -0.207 e. The maximum atomic E-state index is 12.7. The molecular weight excluding hydrogens is 139 g/mol. The maximum absolute atomic E-state index is 12.7. The molecule has 0 saturated heterocycles. The standard InChI is InChI=1S/C10H13F/c1-2-3-4-10(11)8-7-9-5-6-9/h2-4,8-9H,1,5-7H2/b4-3-,10-8+. The summed E-state index contributed by atoms with van der Waals surface area (Å²) in [6.07, 6.45) is 9.72. The Morgan fingerprint density at radius 2 is 2.27 bits per heavy atom. The highest BCUT2D eigenvalue weighted by Gasteiger charge is 2.19. The van der Waals surface area contributed by atoms with Crippen LogP contribution in [0.3, 0.4) is 0 Å². The van der Waals surface area contributed by atoms with Crippen molar-refractivity contribution in [2.45, 2.75) is 19.3 Å². The molecule has 1 aliphatic rings. The van der Waals surface area contributed by atoms with Gasteiger partial charge in [-0.1, -0.05) is 18.7 Å². The smallest absolute Gasteiger partial charge is 0.119 e. The van der Waals surface area contributed by atoms with E-state index in [9.17, 15) is 4.39 Å². The summed E-state index contributed by atoms with van der Waals surface area (Å²) in [5.41, 5.74) is 0. The minimum atomic E-state index is -0.142. The Hall–Kier alpha value is -0.850. The van der Waals surface area contributed by atoms with E-state index >= 15 is 0 Å². The molecule has 0 heterocycles. The van der Waals surface area contributed by atoms with E-state index in [0.29, 0.717) is 0 Å². The first-order valence-electron chi connectivity index (χ1n) is 3.97.